The molecule has 0 aliphatic carbocycles. The van der Waals surface area contributed by atoms with Crippen molar-refractivity contribution in [3.63, 3.8) is 0 Å². The van der Waals surface area contributed by atoms with Crippen molar-refractivity contribution < 1.29 is 0 Å². The van der Waals surface area contributed by atoms with Crippen LogP contribution in [0.2, 0.25) is 0 Å². The van der Waals surface area contributed by atoms with Crippen LogP contribution in [0.15, 0.2) is 29.0 Å². The van der Waals surface area contributed by atoms with Crippen LogP contribution in [-0.4, -0.2) is 6.54 Å². The third kappa shape index (κ3) is 3.94. The second kappa shape index (κ2) is 7.07. The molecule has 2 rings (SSSR count). The third-order valence-electron chi connectivity index (χ3n) is 3.05. The minimum atomic E-state index is 0.517. The highest BCUT2D eigenvalue weighted by Crippen LogP contribution is 2.26. The van der Waals surface area contributed by atoms with Crippen LogP contribution in [-0.2, 0) is 6.42 Å². The van der Waals surface area contributed by atoms with E-state index in [2.05, 4.69) is 48.1 Å². The number of aryl methyl sites for hydroxylation is 2. The molecule has 2 heterocycles. The van der Waals surface area contributed by atoms with E-state index in [0.29, 0.717) is 6.04 Å². The normalized spacial score (nSPS) is 12.8. The van der Waals surface area contributed by atoms with Gasteiger partial charge in [-0.05, 0) is 67.3 Å². The van der Waals surface area contributed by atoms with Crippen molar-refractivity contribution >= 4 is 22.7 Å². The highest BCUT2D eigenvalue weighted by molar-refractivity contribution is 7.12. The summed E-state index contributed by atoms with van der Waals surface area (Å²) in [6.45, 7) is 5.51. The van der Waals surface area contributed by atoms with Crippen molar-refractivity contribution in [2.24, 2.45) is 0 Å². The molecular weight excluding hydrogens is 258 g/mol. The summed E-state index contributed by atoms with van der Waals surface area (Å²) in [4.78, 5) is 2.89. The van der Waals surface area contributed by atoms with Crippen LogP contribution in [0.4, 0.5) is 0 Å². The molecule has 0 fully saturated rings. The summed E-state index contributed by atoms with van der Waals surface area (Å²) in [5.41, 5.74) is 1.47. The standard InChI is InChI=1S/C15H21NS2/c1-3-9-16-14(15-7-4-12(2)18-15)6-5-13-8-10-17-11-13/h4,7-8,10-11,14,16H,3,5-6,9H2,1-2H3. The second-order valence-electron chi connectivity index (χ2n) is 4.63. The van der Waals surface area contributed by atoms with Gasteiger partial charge in [-0.15, -0.1) is 11.3 Å². The molecule has 0 bridgehead atoms. The van der Waals surface area contributed by atoms with Gasteiger partial charge in [0.25, 0.3) is 0 Å². The number of hydrogen-bond donors (Lipinski definition) is 1. The molecule has 0 saturated heterocycles. The van der Waals surface area contributed by atoms with Crippen molar-refractivity contribution in [2.45, 2.75) is 39.2 Å². The summed E-state index contributed by atoms with van der Waals surface area (Å²) in [6, 6.07) is 7.26. The molecule has 1 N–H and O–H groups in total. The van der Waals surface area contributed by atoms with Gasteiger partial charge < -0.3 is 5.32 Å². The van der Waals surface area contributed by atoms with Gasteiger partial charge in [-0.25, -0.2) is 0 Å². The first-order chi connectivity index (χ1) is 8.79. The number of hydrogen-bond acceptors (Lipinski definition) is 3. The first-order valence-corrected chi connectivity index (χ1v) is 8.36. The number of nitrogens with one attached hydrogen (secondary N) is 1. The molecule has 0 aromatic carbocycles. The van der Waals surface area contributed by atoms with Crippen molar-refractivity contribution in [3.8, 4) is 0 Å². The smallest absolute Gasteiger partial charge is 0.0418 e. The average molecular weight is 279 g/mol. The van der Waals surface area contributed by atoms with E-state index in [9.17, 15) is 0 Å². The summed E-state index contributed by atoms with van der Waals surface area (Å²) in [5.74, 6) is 0. The first kappa shape index (κ1) is 13.8. The lowest BCUT2D eigenvalue weighted by Gasteiger charge is -2.16. The fourth-order valence-electron chi connectivity index (χ4n) is 2.05. The summed E-state index contributed by atoms with van der Waals surface area (Å²) in [6.07, 6.45) is 3.55. The Kier molecular flexibility index (Phi) is 5.42. The van der Waals surface area contributed by atoms with E-state index < -0.39 is 0 Å². The van der Waals surface area contributed by atoms with Crippen LogP contribution in [0.5, 0.6) is 0 Å². The Balaban J connectivity index is 1.96. The van der Waals surface area contributed by atoms with Gasteiger partial charge >= 0.3 is 0 Å². The van der Waals surface area contributed by atoms with E-state index >= 15 is 0 Å². The maximum absolute atomic E-state index is 3.68. The van der Waals surface area contributed by atoms with Crippen LogP contribution < -0.4 is 5.32 Å². The van der Waals surface area contributed by atoms with E-state index in [1.54, 1.807) is 11.3 Å². The lowest BCUT2D eigenvalue weighted by atomic mass is 10.1. The van der Waals surface area contributed by atoms with Crippen molar-refractivity contribution in [1.82, 2.24) is 5.32 Å². The molecule has 1 unspecified atom stereocenters. The molecule has 0 saturated carbocycles. The fourth-order valence-corrected chi connectivity index (χ4v) is 3.74. The summed E-state index contributed by atoms with van der Waals surface area (Å²) in [7, 11) is 0. The topological polar surface area (TPSA) is 12.0 Å². The van der Waals surface area contributed by atoms with E-state index in [0.717, 1.165) is 6.54 Å². The Morgan fingerprint density at radius 1 is 1.28 bits per heavy atom. The molecule has 0 spiro atoms. The third-order valence-corrected chi connectivity index (χ3v) is 4.89. The minimum absolute atomic E-state index is 0.517. The van der Waals surface area contributed by atoms with Gasteiger partial charge in [-0.1, -0.05) is 6.92 Å². The Morgan fingerprint density at radius 2 is 2.17 bits per heavy atom. The molecule has 98 valence electrons. The van der Waals surface area contributed by atoms with Crippen molar-refractivity contribution in [2.75, 3.05) is 6.54 Å². The monoisotopic (exact) mass is 279 g/mol. The van der Waals surface area contributed by atoms with Gasteiger partial charge in [0, 0.05) is 15.8 Å². The summed E-state index contributed by atoms with van der Waals surface area (Å²) >= 11 is 3.71. The maximum Gasteiger partial charge on any atom is 0.0418 e. The molecule has 1 atom stereocenters. The molecule has 2 aromatic rings. The summed E-state index contributed by atoms with van der Waals surface area (Å²) in [5, 5.41) is 8.10. The van der Waals surface area contributed by atoms with Crippen LogP contribution >= 0.6 is 22.7 Å². The van der Waals surface area contributed by atoms with E-state index in [4.69, 9.17) is 0 Å². The quantitative estimate of drug-likeness (QED) is 0.768. The minimum Gasteiger partial charge on any atom is -0.309 e. The van der Waals surface area contributed by atoms with Crippen LogP contribution in [0, 0.1) is 6.92 Å². The highest BCUT2D eigenvalue weighted by Gasteiger charge is 2.12. The molecule has 0 aliphatic heterocycles. The Hall–Kier alpha value is -0.640. The molecular formula is C15H21NS2. The molecule has 18 heavy (non-hydrogen) atoms. The van der Waals surface area contributed by atoms with Gasteiger partial charge in [-0.3, -0.25) is 0 Å². The molecule has 0 radical (unpaired) electrons. The predicted molar refractivity (Wildman–Crippen MR) is 82.7 cm³/mol. The second-order valence-corrected chi connectivity index (χ2v) is 6.72. The molecule has 3 heteroatoms. The zero-order valence-electron chi connectivity index (χ0n) is 11.1. The van der Waals surface area contributed by atoms with Gasteiger partial charge in [0.2, 0.25) is 0 Å². The predicted octanol–water partition coefficient (Wildman–Crippen LogP) is 4.79. The maximum atomic E-state index is 3.68. The van der Waals surface area contributed by atoms with Crippen LogP contribution in [0.25, 0.3) is 0 Å². The van der Waals surface area contributed by atoms with Gasteiger partial charge in [0.05, 0.1) is 0 Å². The zero-order valence-corrected chi connectivity index (χ0v) is 12.7. The van der Waals surface area contributed by atoms with Crippen molar-refractivity contribution in [1.29, 1.82) is 0 Å². The summed E-state index contributed by atoms with van der Waals surface area (Å²) < 4.78 is 0. The molecule has 1 nitrogen and oxygen atoms in total. The number of thiophene rings is 2. The van der Waals surface area contributed by atoms with Crippen LogP contribution in [0.1, 0.15) is 41.1 Å². The van der Waals surface area contributed by atoms with Gasteiger partial charge in [0.15, 0.2) is 0 Å². The highest BCUT2D eigenvalue weighted by atomic mass is 32.1. The van der Waals surface area contributed by atoms with E-state index in [-0.39, 0.29) is 0 Å². The SMILES string of the molecule is CCCNC(CCc1ccsc1)c1ccc(C)s1. The Bertz CT molecular complexity index is 445. The lowest BCUT2D eigenvalue weighted by molar-refractivity contribution is 0.506. The van der Waals surface area contributed by atoms with Gasteiger partial charge in [0.1, 0.15) is 0 Å². The fraction of sp³-hybridized carbons (Fsp3) is 0.467. The Labute approximate surface area is 118 Å². The Morgan fingerprint density at radius 3 is 2.78 bits per heavy atom. The number of rotatable bonds is 7. The molecule has 0 aliphatic rings. The van der Waals surface area contributed by atoms with E-state index in [1.165, 1.54) is 34.6 Å². The largest absolute Gasteiger partial charge is 0.309 e. The van der Waals surface area contributed by atoms with E-state index in [1.807, 2.05) is 11.3 Å². The van der Waals surface area contributed by atoms with Crippen molar-refractivity contribution in [3.05, 3.63) is 44.3 Å². The molecule has 2 aromatic heterocycles. The average Bonchev–Trinajstić information content (AvgIpc) is 3.01. The van der Waals surface area contributed by atoms with Crippen LogP contribution in [0.3, 0.4) is 0 Å². The zero-order chi connectivity index (χ0) is 12.8. The first-order valence-electron chi connectivity index (χ1n) is 6.60. The lowest BCUT2D eigenvalue weighted by Crippen LogP contribution is -2.21. The van der Waals surface area contributed by atoms with Gasteiger partial charge in [-0.2, -0.15) is 11.3 Å². The molecule has 0 amide bonds.